The van der Waals surface area contributed by atoms with Gasteiger partial charge in [0, 0.05) is 31.6 Å². The largest absolute Gasteiger partial charge is 0.379 e. The number of nitrogens with zero attached hydrogens (tertiary/aromatic N) is 2. The molecule has 1 aromatic heterocycles. The molecule has 0 saturated carbocycles. The van der Waals surface area contributed by atoms with Crippen LogP contribution in [-0.2, 0) is 21.3 Å². The highest BCUT2D eigenvalue weighted by Gasteiger charge is 2.27. The lowest BCUT2D eigenvalue weighted by Crippen LogP contribution is -2.40. The molecule has 1 fully saturated rings. The van der Waals surface area contributed by atoms with Crippen LogP contribution in [0.4, 0.5) is 0 Å². The fraction of sp³-hybridized carbons (Fsp3) is 0.667. The van der Waals surface area contributed by atoms with Gasteiger partial charge in [0.1, 0.15) is 4.21 Å². The number of nitrogens with one attached hydrogen (secondary N) is 2. The van der Waals surface area contributed by atoms with Gasteiger partial charge in [-0.15, -0.1) is 11.3 Å². The molecule has 0 aromatic carbocycles. The average molecular weight is 375 g/mol. The van der Waals surface area contributed by atoms with Crippen molar-refractivity contribution in [1.29, 1.82) is 0 Å². The first-order valence-electron chi connectivity index (χ1n) is 8.04. The van der Waals surface area contributed by atoms with Gasteiger partial charge in [-0.25, -0.2) is 8.42 Å². The maximum atomic E-state index is 12.6. The third kappa shape index (κ3) is 5.17. The van der Waals surface area contributed by atoms with E-state index in [0.717, 1.165) is 17.4 Å². The number of guanidine groups is 1. The second-order valence-electron chi connectivity index (χ2n) is 5.94. The van der Waals surface area contributed by atoms with Crippen LogP contribution in [0.5, 0.6) is 0 Å². The number of thiophene rings is 1. The van der Waals surface area contributed by atoms with Crippen LogP contribution >= 0.6 is 11.3 Å². The number of aliphatic imine (C=N–C) groups is 1. The van der Waals surface area contributed by atoms with Crippen LogP contribution < -0.4 is 10.6 Å². The summed E-state index contributed by atoms with van der Waals surface area (Å²) in [6.07, 6.45) is 0. The van der Waals surface area contributed by atoms with Crippen molar-refractivity contribution in [2.24, 2.45) is 10.9 Å². The summed E-state index contributed by atoms with van der Waals surface area (Å²) in [5.74, 6) is 1.24. The van der Waals surface area contributed by atoms with Crippen LogP contribution in [0, 0.1) is 5.92 Å². The second-order valence-corrected chi connectivity index (χ2v) is 9.27. The number of ether oxygens (including phenoxy) is 1. The summed E-state index contributed by atoms with van der Waals surface area (Å²) < 4.78 is 32.3. The predicted octanol–water partition coefficient (Wildman–Crippen LogP) is 1.09. The van der Waals surface area contributed by atoms with Gasteiger partial charge in [0.25, 0.3) is 10.0 Å². The molecule has 2 heterocycles. The molecule has 2 N–H and O–H groups in total. The van der Waals surface area contributed by atoms with Gasteiger partial charge in [0.15, 0.2) is 5.96 Å². The summed E-state index contributed by atoms with van der Waals surface area (Å²) in [5, 5.41) is 6.44. The maximum Gasteiger partial charge on any atom is 0.252 e. The van der Waals surface area contributed by atoms with Gasteiger partial charge in [0.05, 0.1) is 19.8 Å². The Balaban J connectivity index is 1.95. The highest BCUT2D eigenvalue weighted by atomic mass is 32.2. The molecule has 9 heteroatoms. The van der Waals surface area contributed by atoms with Gasteiger partial charge in [0.2, 0.25) is 0 Å². The minimum Gasteiger partial charge on any atom is -0.379 e. The molecule has 0 atom stereocenters. The summed E-state index contributed by atoms with van der Waals surface area (Å²) in [7, 11) is -1.69. The lowest BCUT2D eigenvalue weighted by Gasteiger charge is -2.25. The van der Waals surface area contributed by atoms with Gasteiger partial charge in [-0.1, -0.05) is 13.8 Å². The summed E-state index contributed by atoms with van der Waals surface area (Å²) in [5.41, 5.74) is 0. The van der Waals surface area contributed by atoms with E-state index < -0.39 is 10.0 Å². The van der Waals surface area contributed by atoms with E-state index in [1.807, 2.05) is 6.07 Å². The molecule has 1 aliphatic heterocycles. The van der Waals surface area contributed by atoms with E-state index in [-0.39, 0.29) is 0 Å². The zero-order chi connectivity index (χ0) is 17.6. The zero-order valence-corrected chi connectivity index (χ0v) is 16.0. The summed E-state index contributed by atoms with van der Waals surface area (Å²) in [6, 6.07) is 3.53. The van der Waals surface area contributed by atoms with Crippen molar-refractivity contribution in [1.82, 2.24) is 14.9 Å². The van der Waals surface area contributed by atoms with Crippen molar-refractivity contribution in [3.8, 4) is 0 Å². The Morgan fingerprint density at radius 1 is 1.33 bits per heavy atom. The van der Waals surface area contributed by atoms with E-state index in [1.54, 1.807) is 13.1 Å². The third-order valence-corrected chi connectivity index (χ3v) is 6.98. The fourth-order valence-corrected chi connectivity index (χ4v) is 5.06. The van der Waals surface area contributed by atoms with E-state index in [4.69, 9.17) is 4.74 Å². The molecule has 24 heavy (non-hydrogen) atoms. The minimum atomic E-state index is -3.41. The van der Waals surface area contributed by atoms with Gasteiger partial charge in [-0.2, -0.15) is 4.31 Å². The highest BCUT2D eigenvalue weighted by Crippen LogP contribution is 2.25. The fourth-order valence-electron chi connectivity index (χ4n) is 2.20. The lowest BCUT2D eigenvalue weighted by molar-refractivity contribution is 0.0731. The highest BCUT2D eigenvalue weighted by molar-refractivity contribution is 7.91. The first-order chi connectivity index (χ1) is 11.4. The van der Waals surface area contributed by atoms with Crippen molar-refractivity contribution in [3.05, 3.63) is 17.0 Å². The van der Waals surface area contributed by atoms with Crippen molar-refractivity contribution in [3.63, 3.8) is 0 Å². The van der Waals surface area contributed by atoms with Crippen molar-refractivity contribution >= 4 is 27.3 Å². The molecule has 1 aliphatic rings. The first-order valence-corrected chi connectivity index (χ1v) is 10.3. The monoisotopic (exact) mass is 374 g/mol. The summed E-state index contributed by atoms with van der Waals surface area (Å²) in [4.78, 5) is 5.12. The molecule has 136 valence electrons. The minimum absolute atomic E-state index is 0.381. The van der Waals surface area contributed by atoms with Crippen LogP contribution in [0.2, 0.25) is 0 Å². The Kier molecular flexibility index (Phi) is 7.02. The molecule has 0 unspecified atom stereocenters. The molecular formula is C15H26N4O3S2. The molecule has 1 saturated heterocycles. The van der Waals surface area contributed by atoms with E-state index >= 15 is 0 Å². The van der Waals surface area contributed by atoms with Gasteiger partial charge >= 0.3 is 0 Å². The molecule has 0 bridgehead atoms. The molecule has 1 aromatic rings. The topological polar surface area (TPSA) is 83.0 Å². The summed E-state index contributed by atoms with van der Waals surface area (Å²) >= 11 is 1.29. The molecule has 0 amide bonds. The average Bonchev–Trinajstić information content (AvgIpc) is 3.05. The van der Waals surface area contributed by atoms with Crippen molar-refractivity contribution in [2.75, 3.05) is 39.9 Å². The SMILES string of the molecule is CN=C(NCc1ccc(S(=O)(=O)N2CCOCC2)s1)NCC(C)C. The van der Waals surface area contributed by atoms with Gasteiger partial charge in [-0.3, -0.25) is 4.99 Å². The number of morpholine rings is 1. The van der Waals surface area contributed by atoms with Crippen LogP contribution in [0.3, 0.4) is 0 Å². The molecule has 2 rings (SSSR count). The van der Waals surface area contributed by atoms with Gasteiger partial charge in [-0.05, 0) is 18.1 Å². The number of sulfonamides is 1. The molecular weight excluding hydrogens is 348 g/mol. The Hall–Kier alpha value is -1.16. The van der Waals surface area contributed by atoms with Gasteiger partial charge < -0.3 is 15.4 Å². The second kappa shape index (κ2) is 8.80. The Labute approximate surface area is 148 Å². The number of hydrogen-bond donors (Lipinski definition) is 2. The van der Waals surface area contributed by atoms with E-state index in [0.29, 0.717) is 43.0 Å². The van der Waals surface area contributed by atoms with E-state index in [2.05, 4.69) is 29.5 Å². The quantitative estimate of drug-likeness (QED) is 0.575. The Morgan fingerprint density at radius 2 is 2.04 bits per heavy atom. The van der Waals surface area contributed by atoms with E-state index in [1.165, 1.54) is 15.6 Å². The van der Waals surface area contributed by atoms with Crippen LogP contribution in [0.25, 0.3) is 0 Å². The normalized spacial score (nSPS) is 17.2. The number of hydrogen-bond acceptors (Lipinski definition) is 5. The number of rotatable bonds is 6. The first kappa shape index (κ1) is 19.2. The summed E-state index contributed by atoms with van der Waals surface area (Å²) in [6.45, 7) is 7.37. The third-order valence-electron chi connectivity index (χ3n) is 3.53. The Bertz CT molecular complexity index is 649. The van der Waals surface area contributed by atoms with Crippen molar-refractivity contribution in [2.45, 2.75) is 24.6 Å². The maximum absolute atomic E-state index is 12.6. The smallest absolute Gasteiger partial charge is 0.252 e. The Morgan fingerprint density at radius 3 is 2.67 bits per heavy atom. The standard InChI is InChI=1S/C15H26N4O3S2/c1-12(2)10-17-15(16-3)18-11-13-4-5-14(23-13)24(20,21)19-6-8-22-9-7-19/h4-5,12H,6-11H2,1-3H3,(H2,16,17,18). The van der Waals surface area contributed by atoms with E-state index in [9.17, 15) is 8.42 Å². The lowest BCUT2D eigenvalue weighted by atomic mass is 10.2. The van der Waals surface area contributed by atoms with Crippen LogP contribution in [0.15, 0.2) is 21.3 Å². The molecule has 0 radical (unpaired) electrons. The molecule has 0 aliphatic carbocycles. The van der Waals surface area contributed by atoms with Crippen LogP contribution in [-0.4, -0.2) is 58.6 Å². The van der Waals surface area contributed by atoms with Crippen molar-refractivity contribution < 1.29 is 13.2 Å². The van der Waals surface area contributed by atoms with Crippen LogP contribution in [0.1, 0.15) is 18.7 Å². The predicted molar refractivity (Wildman–Crippen MR) is 96.9 cm³/mol. The molecule has 7 nitrogen and oxygen atoms in total. The molecule has 0 spiro atoms. The zero-order valence-electron chi connectivity index (χ0n) is 14.4.